The molecule has 1 heterocycles. The molecule has 0 fully saturated rings. The molecular formula is C20H20ClN4OS+. The molecule has 138 valence electrons. The SMILES string of the molecule is Cc1cc(Cl)cc2sc(N(CC[NH+](C)C)C(=O)c3ccc(C#N)cc3)nc12. The number of halogens is 1. The van der Waals surface area contributed by atoms with Crippen molar-refractivity contribution < 1.29 is 9.69 Å². The highest BCUT2D eigenvalue weighted by molar-refractivity contribution is 7.22. The molecule has 7 heteroatoms. The standard InChI is InChI=1S/C20H19ClN4OS/c1-13-10-16(21)11-17-18(13)23-20(27-17)25(9-8-24(2)3)19(26)15-6-4-14(12-22)5-7-15/h4-7,10-11H,8-9H2,1-3H3/p+1. The number of likely N-dealkylation sites (N-methyl/N-ethyl adjacent to an activating group) is 1. The summed E-state index contributed by atoms with van der Waals surface area (Å²) in [6, 6.07) is 12.5. The van der Waals surface area contributed by atoms with Gasteiger partial charge >= 0.3 is 0 Å². The normalized spacial score (nSPS) is 11.0. The number of thiazole rings is 1. The molecule has 0 aliphatic rings. The first-order chi connectivity index (χ1) is 12.9. The number of anilines is 1. The number of hydrogen-bond acceptors (Lipinski definition) is 4. The number of carbonyl (C=O) groups excluding carboxylic acids is 1. The van der Waals surface area contributed by atoms with E-state index in [-0.39, 0.29) is 5.91 Å². The monoisotopic (exact) mass is 399 g/mol. The number of carbonyl (C=O) groups is 1. The van der Waals surface area contributed by atoms with Gasteiger partial charge < -0.3 is 4.90 Å². The molecule has 0 atom stereocenters. The van der Waals surface area contributed by atoms with Crippen LogP contribution in [0.15, 0.2) is 36.4 Å². The zero-order valence-corrected chi connectivity index (χ0v) is 17.0. The summed E-state index contributed by atoms with van der Waals surface area (Å²) >= 11 is 7.64. The lowest BCUT2D eigenvalue weighted by Crippen LogP contribution is -3.06. The third-order valence-corrected chi connectivity index (χ3v) is 5.45. The van der Waals surface area contributed by atoms with Gasteiger partial charge in [0.15, 0.2) is 5.13 Å². The van der Waals surface area contributed by atoms with E-state index in [0.717, 1.165) is 22.3 Å². The number of nitriles is 1. The lowest BCUT2D eigenvalue weighted by molar-refractivity contribution is -0.856. The Balaban J connectivity index is 2.01. The Morgan fingerprint density at radius 1 is 1.30 bits per heavy atom. The number of aromatic nitrogens is 1. The highest BCUT2D eigenvalue weighted by atomic mass is 35.5. The summed E-state index contributed by atoms with van der Waals surface area (Å²) in [7, 11) is 4.10. The Morgan fingerprint density at radius 3 is 2.63 bits per heavy atom. The van der Waals surface area contributed by atoms with Gasteiger partial charge in [-0.2, -0.15) is 5.26 Å². The average molecular weight is 400 g/mol. The van der Waals surface area contributed by atoms with E-state index < -0.39 is 0 Å². The zero-order chi connectivity index (χ0) is 19.6. The second kappa shape index (κ2) is 8.05. The number of hydrogen-bond donors (Lipinski definition) is 1. The minimum absolute atomic E-state index is 0.122. The first-order valence-electron chi connectivity index (χ1n) is 8.57. The van der Waals surface area contributed by atoms with Crippen molar-refractivity contribution in [2.24, 2.45) is 0 Å². The van der Waals surface area contributed by atoms with E-state index in [2.05, 4.69) is 6.07 Å². The highest BCUT2D eigenvalue weighted by Gasteiger charge is 2.22. The molecule has 0 aliphatic heterocycles. The largest absolute Gasteiger partial charge is 0.338 e. The van der Waals surface area contributed by atoms with Crippen LogP contribution in [-0.2, 0) is 0 Å². The molecule has 27 heavy (non-hydrogen) atoms. The third-order valence-electron chi connectivity index (χ3n) is 4.21. The molecule has 1 N–H and O–H groups in total. The Morgan fingerprint density at radius 2 is 2.00 bits per heavy atom. The molecule has 5 nitrogen and oxygen atoms in total. The summed E-state index contributed by atoms with van der Waals surface area (Å²) in [4.78, 5) is 20.8. The summed E-state index contributed by atoms with van der Waals surface area (Å²) < 4.78 is 0.963. The number of rotatable bonds is 5. The fourth-order valence-corrected chi connectivity index (χ4v) is 4.17. The summed E-state index contributed by atoms with van der Waals surface area (Å²) in [5.74, 6) is -0.122. The molecule has 0 saturated carbocycles. The van der Waals surface area contributed by atoms with Crippen molar-refractivity contribution >= 4 is 44.2 Å². The molecule has 0 radical (unpaired) electrons. The number of quaternary nitrogens is 1. The van der Waals surface area contributed by atoms with E-state index in [4.69, 9.17) is 21.8 Å². The van der Waals surface area contributed by atoms with Crippen LogP contribution >= 0.6 is 22.9 Å². The summed E-state index contributed by atoms with van der Waals surface area (Å²) in [6.07, 6.45) is 0. The number of amides is 1. The van der Waals surface area contributed by atoms with E-state index in [1.54, 1.807) is 29.2 Å². The summed E-state index contributed by atoms with van der Waals surface area (Å²) in [5.41, 5.74) is 2.93. The molecule has 0 unspecified atom stereocenters. The van der Waals surface area contributed by atoms with Gasteiger partial charge in [0.25, 0.3) is 5.91 Å². The van der Waals surface area contributed by atoms with Crippen molar-refractivity contribution in [3.05, 3.63) is 58.1 Å². The molecule has 3 aromatic rings. The maximum atomic E-state index is 13.2. The van der Waals surface area contributed by atoms with Crippen molar-refractivity contribution in [2.75, 3.05) is 32.1 Å². The minimum Gasteiger partial charge on any atom is -0.338 e. The van der Waals surface area contributed by atoms with Crippen LogP contribution < -0.4 is 9.80 Å². The minimum atomic E-state index is -0.122. The molecule has 0 saturated heterocycles. The topological polar surface area (TPSA) is 61.4 Å². The van der Waals surface area contributed by atoms with Crippen molar-refractivity contribution in [3.63, 3.8) is 0 Å². The van der Waals surface area contributed by atoms with Gasteiger partial charge in [0.1, 0.15) is 0 Å². The fourth-order valence-electron chi connectivity index (χ4n) is 2.72. The van der Waals surface area contributed by atoms with Crippen LogP contribution in [0.2, 0.25) is 5.02 Å². The molecule has 2 aromatic carbocycles. The van der Waals surface area contributed by atoms with Gasteiger partial charge in [0.2, 0.25) is 0 Å². The smallest absolute Gasteiger partial charge is 0.260 e. The zero-order valence-electron chi connectivity index (χ0n) is 15.4. The Bertz CT molecular complexity index is 1020. The molecular weight excluding hydrogens is 380 g/mol. The lowest BCUT2D eigenvalue weighted by Gasteiger charge is -2.20. The number of nitrogens with zero attached hydrogens (tertiary/aromatic N) is 3. The van der Waals surface area contributed by atoms with Crippen LogP contribution in [0.5, 0.6) is 0 Å². The average Bonchev–Trinajstić information content (AvgIpc) is 3.05. The van der Waals surface area contributed by atoms with E-state index >= 15 is 0 Å². The van der Waals surface area contributed by atoms with Crippen LogP contribution in [0.25, 0.3) is 10.2 Å². The van der Waals surface area contributed by atoms with E-state index in [1.807, 2.05) is 33.2 Å². The highest BCUT2D eigenvalue weighted by Crippen LogP contribution is 2.33. The van der Waals surface area contributed by atoms with Gasteiger partial charge in [0.05, 0.1) is 49.0 Å². The van der Waals surface area contributed by atoms with Crippen molar-refractivity contribution in [1.29, 1.82) is 5.26 Å². The van der Waals surface area contributed by atoms with Gasteiger partial charge in [-0.25, -0.2) is 4.98 Å². The third kappa shape index (κ3) is 4.28. The summed E-state index contributed by atoms with van der Waals surface area (Å²) in [6.45, 7) is 3.31. The number of nitrogens with one attached hydrogen (secondary N) is 1. The maximum Gasteiger partial charge on any atom is 0.260 e. The van der Waals surface area contributed by atoms with Gasteiger partial charge in [-0.1, -0.05) is 22.9 Å². The molecule has 1 aromatic heterocycles. The van der Waals surface area contributed by atoms with Crippen molar-refractivity contribution in [2.45, 2.75) is 6.92 Å². The van der Waals surface area contributed by atoms with Crippen LogP contribution in [0.3, 0.4) is 0 Å². The van der Waals surface area contributed by atoms with Crippen molar-refractivity contribution in [3.8, 4) is 6.07 Å². The lowest BCUT2D eigenvalue weighted by atomic mass is 10.1. The van der Waals surface area contributed by atoms with Crippen molar-refractivity contribution in [1.82, 2.24) is 4.98 Å². The predicted octanol–water partition coefficient (Wildman–Crippen LogP) is 2.92. The fraction of sp³-hybridized carbons (Fsp3) is 0.250. The van der Waals surface area contributed by atoms with Crippen LogP contribution in [-0.4, -0.2) is 38.1 Å². The first-order valence-corrected chi connectivity index (χ1v) is 9.76. The van der Waals surface area contributed by atoms with E-state index in [1.165, 1.54) is 16.2 Å². The summed E-state index contributed by atoms with van der Waals surface area (Å²) in [5, 5.41) is 10.3. The number of fused-ring (bicyclic) bond motifs is 1. The second-order valence-corrected chi connectivity index (χ2v) is 8.11. The van der Waals surface area contributed by atoms with Crippen LogP contribution in [0.1, 0.15) is 21.5 Å². The quantitative estimate of drug-likeness (QED) is 0.717. The van der Waals surface area contributed by atoms with Crippen LogP contribution in [0.4, 0.5) is 5.13 Å². The number of aryl methyl sites for hydroxylation is 1. The Kier molecular flexibility index (Phi) is 5.76. The Hall–Kier alpha value is -2.46. The Labute approximate surface area is 167 Å². The van der Waals surface area contributed by atoms with E-state index in [0.29, 0.717) is 27.8 Å². The second-order valence-electron chi connectivity index (χ2n) is 6.67. The predicted molar refractivity (Wildman–Crippen MR) is 110 cm³/mol. The molecule has 0 spiro atoms. The molecule has 1 amide bonds. The van der Waals surface area contributed by atoms with Gasteiger partial charge in [0, 0.05) is 10.6 Å². The van der Waals surface area contributed by atoms with Gasteiger partial charge in [-0.05, 0) is 48.9 Å². The van der Waals surface area contributed by atoms with E-state index in [9.17, 15) is 4.79 Å². The maximum absolute atomic E-state index is 13.2. The van der Waals surface area contributed by atoms with Gasteiger partial charge in [-0.15, -0.1) is 0 Å². The molecule has 3 rings (SSSR count). The first kappa shape index (κ1) is 19.3. The van der Waals surface area contributed by atoms with Crippen LogP contribution in [0, 0.1) is 18.3 Å². The molecule has 0 bridgehead atoms. The number of benzene rings is 2. The van der Waals surface area contributed by atoms with Gasteiger partial charge in [-0.3, -0.25) is 9.69 Å². The molecule has 0 aliphatic carbocycles.